The summed E-state index contributed by atoms with van der Waals surface area (Å²) in [6, 6.07) is 2.70. The van der Waals surface area contributed by atoms with Crippen LogP contribution in [0.3, 0.4) is 0 Å². The first-order valence-corrected chi connectivity index (χ1v) is 6.77. The molecule has 1 unspecified atom stereocenters. The summed E-state index contributed by atoms with van der Waals surface area (Å²) in [5, 5.41) is 10.5. The molecule has 20 heavy (non-hydrogen) atoms. The largest absolute Gasteiger partial charge is 0.364 e. The van der Waals surface area contributed by atoms with Crippen LogP contribution >= 0.6 is 0 Å². The van der Waals surface area contributed by atoms with E-state index in [1.54, 1.807) is 13.0 Å². The Kier molecular flexibility index (Phi) is 4.49. The molecule has 7 nitrogen and oxygen atoms in total. The molecule has 1 fully saturated rings. The molecular weight excluding hydrogens is 258 g/mol. The lowest BCUT2D eigenvalue weighted by Crippen LogP contribution is -2.44. The minimum Gasteiger partial charge on any atom is -0.364 e. The van der Waals surface area contributed by atoms with Crippen LogP contribution in [0.15, 0.2) is 12.1 Å². The molecule has 2 heterocycles. The zero-order chi connectivity index (χ0) is 14.5. The van der Waals surface area contributed by atoms with Gasteiger partial charge in [-0.1, -0.05) is 0 Å². The molecule has 0 bridgehead atoms. The van der Waals surface area contributed by atoms with Gasteiger partial charge in [0.15, 0.2) is 5.69 Å². The fourth-order valence-electron chi connectivity index (χ4n) is 2.21. The second-order valence-electron chi connectivity index (χ2n) is 4.92. The number of carbonyl (C=O) groups excluding carboxylic acids is 2. The highest BCUT2D eigenvalue weighted by molar-refractivity contribution is 5.90. The summed E-state index contributed by atoms with van der Waals surface area (Å²) in [5.41, 5.74) is 5.19. The maximum atomic E-state index is 12.2. The van der Waals surface area contributed by atoms with Gasteiger partial charge in [-0.3, -0.25) is 9.59 Å². The second kappa shape index (κ2) is 6.31. The number of piperidine rings is 1. The summed E-state index contributed by atoms with van der Waals surface area (Å²) in [6.07, 6.45) is 3.31. The molecule has 1 aromatic rings. The number of anilines is 1. The molecule has 1 aromatic heterocycles. The first-order chi connectivity index (χ1) is 9.58. The van der Waals surface area contributed by atoms with Gasteiger partial charge in [0.1, 0.15) is 11.9 Å². The van der Waals surface area contributed by atoms with E-state index in [0.29, 0.717) is 5.82 Å². The number of nitrogens with zero attached hydrogens (tertiary/aromatic N) is 3. The maximum Gasteiger partial charge on any atom is 0.269 e. The number of aromatic nitrogens is 2. The van der Waals surface area contributed by atoms with Gasteiger partial charge in [0, 0.05) is 13.1 Å². The Balaban J connectivity index is 1.94. The van der Waals surface area contributed by atoms with E-state index >= 15 is 0 Å². The molecule has 0 aromatic carbocycles. The Bertz CT molecular complexity index is 482. The van der Waals surface area contributed by atoms with Crippen molar-refractivity contribution < 1.29 is 9.59 Å². The van der Waals surface area contributed by atoms with Gasteiger partial charge in [-0.2, -0.15) is 0 Å². The smallest absolute Gasteiger partial charge is 0.269 e. The number of hydrogen-bond acceptors (Lipinski definition) is 5. The van der Waals surface area contributed by atoms with Crippen molar-refractivity contribution in [3.63, 3.8) is 0 Å². The number of rotatable bonds is 4. The molecule has 7 heteroatoms. The Morgan fingerprint density at radius 1 is 1.25 bits per heavy atom. The van der Waals surface area contributed by atoms with Crippen LogP contribution in [0.5, 0.6) is 0 Å². The summed E-state index contributed by atoms with van der Waals surface area (Å²) >= 11 is 0. The standard InChI is InChI=1S/C13H19N5O2/c1-9(13(20)18-7-3-2-4-8-18)15-11-6-5-10(12(14)19)16-17-11/h5-6,9H,2-4,7-8H2,1H3,(H2,14,19)(H,15,17). The molecule has 1 atom stereocenters. The van der Waals surface area contributed by atoms with E-state index in [-0.39, 0.29) is 17.6 Å². The van der Waals surface area contributed by atoms with Gasteiger partial charge in [-0.05, 0) is 38.3 Å². The van der Waals surface area contributed by atoms with Gasteiger partial charge in [0.05, 0.1) is 0 Å². The average Bonchev–Trinajstić information content (AvgIpc) is 2.48. The zero-order valence-electron chi connectivity index (χ0n) is 11.5. The fourth-order valence-corrected chi connectivity index (χ4v) is 2.21. The highest BCUT2D eigenvalue weighted by Gasteiger charge is 2.22. The van der Waals surface area contributed by atoms with E-state index in [2.05, 4.69) is 15.5 Å². The van der Waals surface area contributed by atoms with E-state index in [1.165, 1.54) is 12.5 Å². The van der Waals surface area contributed by atoms with Crippen molar-refractivity contribution >= 4 is 17.6 Å². The number of hydrogen-bond donors (Lipinski definition) is 2. The lowest BCUT2D eigenvalue weighted by molar-refractivity contribution is -0.132. The van der Waals surface area contributed by atoms with Crippen LogP contribution in [0.4, 0.5) is 5.82 Å². The van der Waals surface area contributed by atoms with Crippen LogP contribution < -0.4 is 11.1 Å². The molecule has 0 saturated carbocycles. The minimum absolute atomic E-state index is 0.0606. The van der Waals surface area contributed by atoms with E-state index in [4.69, 9.17) is 5.73 Å². The molecule has 108 valence electrons. The van der Waals surface area contributed by atoms with E-state index < -0.39 is 5.91 Å². The third-order valence-electron chi connectivity index (χ3n) is 3.32. The first-order valence-electron chi connectivity index (χ1n) is 6.77. The Labute approximate surface area is 117 Å². The van der Waals surface area contributed by atoms with Crippen molar-refractivity contribution in [1.82, 2.24) is 15.1 Å². The first kappa shape index (κ1) is 14.2. The number of nitrogens with one attached hydrogen (secondary N) is 1. The van der Waals surface area contributed by atoms with Crippen LogP contribution in [0.25, 0.3) is 0 Å². The molecule has 1 saturated heterocycles. The summed E-state index contributed by atoms with van der Waals surface area (Å²) < 4.78 is 0. The highest BCUT2D eigenvalue weighted by atomic mass is 16.2. The number of likely N-dealkylation sites (tertiary alicyclic amines) is 1. The lowest BCUT2D eigenvalue weighted by atomic mass is 10.1. The number of primary amides is 1. The van der Waals surface area contributed by atoms with Crippen molar-refractivity contribution in [2.45, 2.75) is 32.2 Å². The van der Waals surface area contributed by atoms with Crippen LogP contribution in [-0.2, 0) is 4.79 Å². The van der Waals surface area contributed by atoms with Gasteiger partial charge in [-0.15, -0.1) is 10.2 Å². The summed E-state index contributed by atoms with van der Waals surface area (Å²) in [7, 11) is 0. The molecular formula is C13H19N5O2. The van der Waals surface area contributed by atoms with Crippen molar-refractivity contribution in [3.8, 4) is 0 Å². The van der Waals surface area contributed by atoms with Gasteiger partial charge in [0.2, 0.25) is 5.91 Å². The Morgan fingerprint density at radius 2 is 1.95 bits per heavy atom. The Morgan fingerprint density at radius 3 is 2.50 bits per heavy atom. The van der Waals surface area contributed by atoms with Gasteiger partial charge >= 0.3 is 0 Å². The number of nitrogens with two attached hydrogens (primary N) is 1. The van der Waals surface area contributed by atoms with E-state index in [0.717, 1.165) is 25.9 Å². The highest BCUT2D eigenvalue weighted by Crippen LogP contribution is 2.12. The van der Waals surface area contributed by atoms with Gasteiger partial charge < -0.3 is 16.0 Å². The average molecular weight is 277 g/mol. The van der Waals surface area contributed by atoms with Crippen LogP contribution in [0.1, 0.15) is 36.7 Å². The lowest BCUT2D eigenvalue weighted by Gasteiger charge is -2.29. The fraction of sp³-hybridized carbons (Fsp3) is 0.538. The van der Waals surface area contributed by atoms with Crippen molar-refractivity contribution in [1.29, 1.82) is 0 Å². The van der Waals surface area contributed by atoms with Crippen molar-refractivity contribution in [2.75, 3.05) is 18.4 Å². The summed E-state index contributed by atoms with van der Waals surface area (Å²) in [6.45, 7) is 3.43. The molecule has 1 aliphatic rings. The number of carbonyl (C=O) groups is 2. The predicted octanol–water partition coefficient (Wildman–Crippen LogP) is 0.388. The molecule has 2 amide bonds. The zero-order valence-corrected chi connectivity index (χ0v) is 11.5. The maximum absolute atomic E-state index is 12.2. The third kappa shape index (κ3) is 3.43. The normalized spacial score (nSPS) is 16.6. The van der Waals surface area contributed by atoms with Crippen molar-refractivity contribution in [3.05, 3.63) is 17.8 Å². The number of amides is 2. The minimum atomic E-state index is -0.624. The monoisotopic (exact) mass is 277 g/mol. The quantitative estimate of drug-likeness (QED) is 0.829. The summed E-state index contributed by atoms with van der Waals surface area (Å²) in [5.74, 6) is -0.111. The molecule has 1 aliphatic heterocycles. The molecule has 0 aliphatic carbocycles. The second-order valence-corrected chi connectivity index (χ2v) is 4.92. The van der Waals surface area contributed by atoms with Crippen LogP contribution in [-0.4, -0.2) is 46.0 Å². The van der Waals surface area contributed by atoms with Crippen LogP contribution in [0, 0.1) is 0 Å². The molecule has 0 radical (unpaired) electrons. The predicted molar refractivity (Wildman–Crippen MR) is 74.1 cm³/mol. The third-order valence-corrected chi connectivity index (χ3v) is 3.32. The summed E-state index contributed by atoms with van der Waals surface area (Å²) in [4.78, 5) is 25.0. The van der Waals surface area contributed by atoms with Gasteiger partial charge in [0.25, 0.3) is 5.91 Å². The van der Waals surface area contributed by atoms with E-state index in [9.17, 15) is 9.59 Å². The SMILES string of the molecule is CC(Nc1ccc(C(N)=O)nn1)C(=O)N1CCCCC1. The topological polar surface area (TPSA) is 101 Å². The molecule has 3 N–H and O–H groups in total. The van der Waals surface area contributed by atoms with Crippen LogP contribution in [0.2, 0.25) is 0 Å². The van der Waals surface area contributed by atoms with Crippen molar-refractivity contribution in [2.24, 2.45) is 5.73 Å². The van der Waals surface area contributed by atoms with E-state index in [1.807, 2.05) is 4.90 Å². The molecule has 0 spiro atoms. The van der Waals surface area contributed by atoms with Gasteiger partial charge in [-0.25, -0.2) is 0 Å². The Hall–Kier alpha value is -2.18. The molecule has 2 rings (SSSR count).